The molecule has 2 rings (SSSR count). The lowest BCUT2D eigenvalue weighted by molar-refractivity contribution is -0.117. The van der Waals surface area contributed by atoms with E-state index < -0.39 is 0 Å². The van der Waals surface area contributed by atoms with Crippen molar-refractivity contribution in [2.75, 3.05) is 5.32 Å². The number of amides is 1. The Labute approximate surface area is 123 Å². The number of benzene rings is 1. The Morgan fingerprint density at radius 1 is 1.37 bits per heavy atom. The minimum atomic E-state index is -0.301. The van der Waals surface area contributed by atoms with Gasteiger partial charge in [0.25, 0.3) is 0 Å². The summed E-state index contributed by atoms with van der Waals surface area (Å²) in [5.41, 5.74) is 7.97. The molecule has 104 valence electrons. The SMILES string of the molecule is Cc1ccc(NC(=O)CC2(N)CCCCC2)cc1Br. The van der Waals surface area contributed by atoms with Crippen LogP contribution in [0.5, 0.6) is 0 Å². The predicted molar refractivity (Wildman–Crippen MR) is 82.1 cm³/mol. The van der Waals surface area contributed by atoms with E-state index >= 15 is 0 Å². The summed E-state index contributed by atoms with van der Waals surface area (Å²) in [6, 6.07) is 5.83. The highest BCUT2D eigenvalue weighted by Gasteiger charge is 2.29. The number of halogens is 1. The van der Waals surface area contributed by atoms with Crippen molar-refractivity contribution in [2.24, 2.45) is 5.73 Å². The van der Waals surface area contributed by atoms with Gasteiger partial charge < -0.3 is 11.1 Å². The molecular weight excluding hydrogens is 304 g/mol. The minimum absolute atomic E-state index is 0.0140. The van der Waals surface area contributed by atoms with Crippen LogP contribution in [-0.2, 0) is 4.79 Å². The molecule has 1 aliphatic carbocycles. The van der Waals surface area contributed by atoms with Gasteiger partial charge >= 0.3 is 0 Å². The van der Waals surface area contributed by atoms with E-state index in [1.807, 2.05) is 25.1 Å². The number of carbonyl (C=O) groups is 1. The van der Waals surface area contributed by atoms with E-state index in [0.29, 0.717) is 6.42 Å². The van der Waals surface area contributed by atoms with Crippen molar-refractivity contribution >= 4 is 27.5 Å². The van der Waals surface area contributed by atoms with Crippen molar-refractivity contribution in [1.82, 2.24) is 0 Å². The zero-order chi connectivity index (χ0) is 13.9. The van der Waals surface area contributed by atoms with Crippen LogP contribution in [0.1, 0.15) is 44.1 Å². The molecule has 0 radical (unpaired) electrons. The van der Waals surface area contributed by atoms with Gasteiger partial charge in [-0.1, -0.05) is 41.3 Å². The maximum Gasteiger partial charge on any atom is 0.226 e. The van der Waals surface area contributed by atoms with Crippen molar-refractivity contribution in [3.05, 3.63) is 28.2 Å². The van der Waals surface area contributed by atoms with Gasteiger partial charge in [-0.25, -0.2) is 0 Å². The van der Waals surface area contributed by atoms with Crippen molar-refractivity contribution in [3.8, 4) is 0 Å². The first-order chi connectivity index (χ1) is 8.98. The highest BCUT2D eigenvalue weighted by Crippen LogP contribution is 2.29. The lowest BCUT2D eigenvalue weighted by Crippen LogP contribution is -2.44. The van der Waals surface area contributed by atoms with E-state index in [9.17, 15) is 4.79 Å². The highest BCUT2D eigenvalue weighted by molar-refractivity contribution is 9.10. The summed E-state index contributed by atoms with van der Waals surface area (Å²) in [6.45, 7) is 2.02. The van der Waals surface area contributed by atoms with Crippen LogP contribution >= 0.6 is 15.9 Å². The number of hydrogen-bond donors (Lipinski definition) is 2. The monoisotopic (exact) mass is 324 g/mol. The Bertz CT molecular complexity index is 467. The largest absolute Gasteiger partial charge is 0.326 e. The molecule has 0 aliphatic heterocycles. The van der Waals surface area contributed by atoms with Crippen LogP contribution in [0.3, 0.4) is 0 Å². The van der Waals surface area contributed by atoms with E-state index in [4.69, 9.17) is 5.73 Å². The molecule has 0 spiro atoms. The van der Waals surface area contributed by atoms with E-state index in [1.165, 1.54) is 6.42 Å². The molecule has 0 atom stereocenters. The third kappa shape index (κ3) is 4.05. The number of anilines is 1. The van der Waals surface area contributed by atoms with E-state index in [0.717, 1.165) is 41.4 Å². The van der Waals surface area contributed by atoms with Crippen LogP contribution in [-0.4, -0.2) is 11.4 Å². The Balaban J connectivity index is 1.95. The smallest absolute Gasteiger partial charge is 0.226 e. The van der Waals surface area contributed by atoms with E-state index in [2.05, 4.69) is 21.2 Å². The number of nitrogens with two attached hydrogens (primary N) is 1. The molecule has 0 bridgehead atoms. The third-order valence-corrected chi connectivity index (χ3v) is 4.67. The molecule has 19 heavy (non-hydrogen) atoms. The summed E-state index contributed by atoms with van der Waals surface area (Å²) in [6.07, 6.45) is 5.85. The second kappa shape index (κ2) is 6.06. The number of aryl methyl sites for hydroxylation is 1. The molecule has 0 saturated heterocycles. The maximum atomic E-state index is 12.1. The summed E-state index contributed by atoms with van der Waals surface area (Å²) >= 11 is 3.47. The molecule has 3 N–H and O–H groups in total. The van der Waals surface area contributed by atoms with Crippen molar-refractivity contribution < 1.29 is 4.79 Å². The highest BCUT2D eigenvalue weighted by atomic mass is 79.9. The second-order valence-corrected chi connectivity index (χ2v) is 6.47. The van der Waals surface area contributed by atoms with Crippen LogP contribution in [0.2, 0.25) is 0 Å². The van der Waals surface area contributed by atoms with Gasteiger partial charge in [-0.05, 0) is 37.5 Å². The first-order valence-electron chi connectivity index (χ1n) is 6.83. The normalized spacial score (nSPS) is 18.1. The van der Waals surface area contributed by atoms with Crippen LogP contribution in [0.25, 0.3) is 0 Å². The van der Waals surface area contributed by atoms with Crippen LogP contribution in [0.4, 0.5) is 5.69 Å². The lowest BCUT2D eigenvalue weighted by atomic mass is 9.80. The number of hydrogen-bond acceptors (Lipinski definition) is 2. The summed E-state index contributed by atoms with van der Waals surface area (Å²) in [5, 5.41) is 2.93. The van der Waals surface area contributed by atoms with Gasteiger partial charge in [-0.15, -0.1) is 0 Å². The standard InChI is InChI=1S/C15H21BrN2O/c1-11-5-6-12(9-13(11)16)18-14(19)10-15(17)7-3-2-4-8-15/h5-6,9H,2-4,7-8,10,17H2,1H3,(H,18,19). The zero-order valence-electron chi connectivity index (χ0n) is 11.3. The van der Waals surface area contributed by atoms with Gasteiger partial charge in [-0.3, -0.25) is 4.79 Å². The number of carbonyl (C=O) groups excluding carboxylic acids is 1. The van der Waals surface area contributed by atoms with Crippen molar-refractivity contribution in [1.29, 1.82) is 0 Å². The molecule has 1 amide bonds. The average molecular weight is 325 g/mol. The fourth-order valence-electron chi connectivity index (χ4n) is 2.63. The molecule has 0 heterocycles. The molecule has 0 aromatic heterocycles. The molecule has 1 aromatic carbocycles. The van der Waals surface area contributed by atoms with Gasteiger partial charge in [0, 0.05) is 22.1 Å². The Morgan fingerprint density at radius 2 is 2.05 bits per heavy atom. The molecule has 0 unspecified atom stereocenters. The first-order valence-corrected chi connectivity index (χ1v) is 7.63. The molecule has 1 aliphatic rings. The summed E-state index contributed by atoms with van der Waals surface area (Å²) in [5.74, 6) is 0.0140. The molecule has 1 saturated carbocycles. The molecular formula is C15H21BrN2O. The Morgan fingerprint density at radius 3 is 2.68 bits per heavy atom. The van der Waals surface area contributed by atoms with Gasteiger partial charge in [0.2, 0.25) is 5.91 Å². The van der Waals surface area contributed by atoms with E-state index in [-0.39, 0.29) is 11.4 Å². The molecule has 4 heteroatoms. The fourth-order valence-corrected chi connectivity index (χ4v) is 3.01. The van der Waals surface area contributed by atoms with Crippen molar-refractivity contribution in [2.45, 2.75) is 51.0 Å². The zero-order valence-corrected chi connectivity index (χ0v) is 12.9. The van der Waals surface area contributed by atoms with Gasteiger partial charge in [-0.2, -0.15) is 0 Å². The molecule has 3 nitrogen and oxygen atoms in total. The van der Waals surface area contributed by atoms with E-state index in [1.54, 1.807) is 0 Å². The molecule has 1 aromatic rings. The Kier molecular flexibility index (Phi) is 4.63. The Hall–Kier alpha value is -0.870. The van der Waals surface area contributed by atoms with Gasteiger partial charge in [0.05, 0.1) is 0 Å². The number of rotatable bonds is 3. The maximum absolute atomic E-state index is 12.1. The fraction of sp³-hybridized carbons (Fsp3) is 0.533. The predicted octanol–water partition coefficient (Wildman–Crippen LogP) is 3.75. The minimum Gasteiger partial charge on any atom is -0.326 e. The van der Waals surface area contributed by atoms with Gasteiger partial charge in [0.15, 0.2) is 0 Å². The summed E-state index contributed by atoms with van der Waals surface area (Å²) < 4.78 is 1.01. The second-order valence-electron chi connectivity index (χ2n) is 5.61. The first kappa shape index (κ1) is 14.5. The summed E-state index contributed by atoms with van der Waals surface area (Å²) in [4.78, 5) is 12.1. The number of nitrogens with one attached hydrogen (secondary N) is 1. The molecule has 1 fully saturated rings. The summed E-state index contributed by atoms with van der Waals surface area (Å²) in [7, 11) is 0. The topological polar surface area (TPSA) is 55.1 Å². The average Bonchev–Trinajstić information content (AvgIpc) is 2.34. The quantitative estimate of drug-likeness (QED) is 0.889. The van der Waals surface area contributed by atoms with Gasteiger partial charge in [0.1, 0.15) is 0 Å². The lowest BCUT2D eigenvalue weighted by Gasteiger charge is -2.32. The van der Waals surface area contributed by atoms with Crippen LogP contribution in [0, 0.1) is 6.92 Å². The third-order valence-electron chi connectivity index (χ3n) is 3.82. The van der Waals surface area contributed by atoms with Crippen molar-refractivity contribution in [3.63, 3.8) is 0 Å². The van der Waals surface area contributed by atoms with Crippen LogP contribution < -0.4 is 11.1 Å². The van der Waals surface area contributed by atoms with Crippen LogP contribution in [0.15, 0.2) is 22.7 Å².